The van der Waals surface area contributed by atoms with E-state index < -0.39 is 23.4 Å². The number of amides is 1. The predicted octanol–water partition coefficient (Wildman–Crippen LogP) is 4.23. The molecule has 0 atom stereocenters. The molecule has 1 aliphatic carbocycles. The zero-order chi connectivity index (χ0) is 19.1. The van der Waals surface area contributed by atoms with E-state index in [0.717, 1.165) is 25.0 Å². The van der Waals surface area contributed by atoms with Crippen molar-refractivity contribution in [2.24, 2.45) is 0 Å². The van der Waals surface area contributed by atoms with Crippen LogP contribution in [-0.2, 0) is 12.7 Å². The fourth-order valence-corrected chi connectivity index (χ4v) is 2.76. The minimum absolute atomic E-state index is 0.0207. The second-order valence-corrected chi connectivity index (χ2v) is 6.49. The summed E-state index contributed by atoms with van der Waals surface area (Å²) < 4.78 is 38.0. The topological polar surface area (TPSA) is 60.8 Å². The zero-order valence-electron chi connectivity index (χ0n) is 14.0. The van der Waals surface area contributed by atoms with Gasteiger partial charge in [0.1, 0.15) is 0 Å². The molecule has 0 aliphatic heterocycles. The molecule has 0 aromatic heterocycles. The first-order valence-corrected chi connectivity index (χ1v) is 8.17. The fourth-order valence-electron chi connectivity index (χ4n) is 2.76. The van der Waals surface area contributed by atoms with Gasteiger partial charge in [0.15, 0.2) is 11.5 Å². The first-order chi connectivity index (χ1) is 12.2. The predicted molar refractivity (Wildman–Crippen MR) is 88.8 cm³/mol. The van der Waals surface area contributed by atoms with Crippen LogP contribution in [0.15, 0.2) is 36.4 Å². The third-order valence-corrected chi connectivity index (χ3v) is 4.47. The molecule has 0 bridgehead atoms. The molecule has 1 amide bonds. The smallest absolute Gasteiger partial charge is 0.416 e. The van der Waals surface area contributed by atoms with E-state index >= 15 is 0 Å². The molecule has 0 unspecified atom stereocenters. The number of phenols is 2. The number of carbonyl (C=O) groups is 1. The Labute approximate surface area is 148 Å². The van der Waals surface area contributed by atoms with Crippen LogP contribution in [0.2, 0.25) is 0 Å². The number of hydrogen-bond acceptors (Lipinski definition) is 3. The molecule has 0 spiro atoms. The van der Waals surface area contributed by atoms with Gasteiger partial charge in [-0.3, -0.25) is 4.79 Å². The standard InChI is InChI=1S/C19H18F3NO3/c1-11-2-9-15(17(25)16(11)24)18(26)23(14-7-8-14)10-12-3-5-13(6-4-12)19(20,21)22/h2-6,9,14,24-25H,7-8,10H2,1H3. The fraction of sp³-hybridized carbons (Fsp3) is 0.316. The van der Waals surface area contributed by atoms with E-state index in [4.69, 9.17) is 0 Å². The maximum absolute atomic E-state index is 12.8. The normalized spacial score (nSPS) is 14.3. The lowest BCUT2D eigenvalue weighted by Crippen LogP contribution is -2.32. The van der Waals surface area contributed by atoms with Gasteiger partial charge in [-0.15, -0.1) is 0 Å². The van der Waals surface area contributed by atoms with Crippen molar-refractivity contribution in [2.45, 2.75) is 38.5 Å². The number of aryl methyl sites for hydroxylation is 1. The van der Waals surface area contributed by atoms with Crippen molar-refractivity contribution in [1.29, 1.82) is 0 Å². The van der Waals surface area contributed by atoms with Crippen LogP contribution < -0.4 is 0 Å². The summed E-state index contributed by atoms with van der Waals surface area (Å²) in [5.41, 5.74) is 0.243. The Hall–Kier alpha value is -2.70. The molecule has 2 aromatic carbocycles. The molecule has 2 aromatic rings. The highest BCUT2D eigenvalue weighted by Crippen LogP contribution is 2.36. The van der Waals surface area contributed by atoms with E-state index in [2.05, 4.69) is 0 Å². The summed E-state index contributed by atoms with van der Waals surface area (Å²) in [5.74, 6) is -1.28. The van der Waals surface area contributed by atoms with Gasteiger partial charge in [0, 0.05) is 12.6 Å². The monoisotopic (exact) mass is 365 g/mol. The lowest BCUT2D eigenvalue weighted by Gasteiger charge is -2.23. The molecule has 26 heavy (non-hydrogen) atoms. The Morgan fingerprint density at radius 2 is 1.69 bits per heavy atom. The molecule has 1 saturated carbocycles. The molecule has 138 valence electrons. The van der Waals surface area contributed by atoms with Crippen LogP contribution >= 0.6 is 0 Å². The van der Waals surface area contributed by atoms with Crippen molar-refractivity contribution in [3.05, 3.63) is 58.7 Å². The van der Waals surface area contributed by atoms with Crippen molar-refractivity contribution >= 4 is 5.91 Å². The van der Waals surface area contributed by atoms with Gasteiger partial charge < -0.3 is 15.1 Å². The van der Waals surface area contributed by atoms with Gasteiger partial charge >= 0.3 is 6.18 Å². The Balaban J connectivity index is 1.84. The van der Waals surface area contributed by atoms with Crippen LogP contribution in [0, 0.1) is 6.92 Å². The largest absolute Gasteiger partial charge is 0.504 e. The lowest BCUT2D eigenvalue weighted by atomic mass is 10.1. The first kappa shape index (κ1) is 18.1. The molecular formula is C19H18F3NO3. The SMILES string of the molecule is Cc1ccc(C(=O)N(Cc2ccc(C(F)(F)F)cc2)C2CC2)c(O)c1O. The summed E-state index contributed by atoms with van der Waals surface area (Å²) >= 11 is 0. The minimum atomic E-state index is -4.41. The van der Waals surface area contributed by atoms with E-state index in [1.165, 1.54) is 29.2 Å². The minimum Gasteiger partial charge on any atom is -0.504 e. The van der Waals surface area contributed by atoms with Gasteiger partial charge in [-0.2, -0.15) is 13.2 Å². The number of rotatable bonds is 4. The molecule has 1 aliphatic rings. The average Bonchev–Trinajstić information content (AvgIpc) is 3.42. The summed E-state index contributed by atoms with van der Waals surface area (Å²) in [5, 5.41) is 19.9. The van der Waals surface area contributed by atoms with E-state index in [1.54, 1.807) is 6.92 Å². The number of halogens is 3. The zero-order valence-corrected chi connectivity index (χ0v) is 14.0. The van der Waals surface area contributed by atoms with Gasteiger partial charge in [-0.1, -0.05) is 18.2 Å². The van der Waals surface area contributed by atoms with Crippen LogP contribution in [0.5, 0.6) is 11.5 Å². The van der Waals surface area contributed by atoms with E-state index in [1.807, 2.05) is 0 Å². The number of phenolic OH excluding ortho intramolecular Hbond substituents is 2. The number of aromatic hydroxyl groups is 2. The Morgan fingerprint density at radius 3 is 2.23 bits per heavy atom. The Bertz CT molecular complexity index is 827. The second kappa shape index (κ2) is 6.55. The second-order valence-electron chi connectivity index (χ2n) is 6.49. The maximum Gasteiger partial charge on any atom is 0.416 e. The van der Waals surface area contributed by atoms with Gasteiger partial charge in [0.25, 0.3) is 5.91 Å². The molecule has 2 N–H and O–H groups in total. The van der Waals surface area contributed by atoms with Crippen molar-refractivity contribution in [3.8, 4) is 11.5 Å². The highest BCUT2D eigenvalue weighted by molar-refractivity contribution is 5.98. The van der Waals surface area contributed by atoms with Gasteiger partial charge in [0.2, 0.25) is 0 Å². The Morgan fingerprint density at radius 1 is 1.08 bits per heavy atom. The lowest BCUT2D eigenvalue weighted by molar-refractivity contribution is -0.137. The molecule has 3 rings (SSSR count). The van der Waals surface area contributed by atoms with Crippen molar-refractivity contribution in [1.82, 2.24) is 4.90 Å². The number of alkyl halides is 3. The van der Waals surface area contributed by atoms with Crippen molar-refractivity contribution in [3.63, 3.8) is 0 Å². The molecule has 0 saturated heterocycles. The highest BCUT2D eigenvalue weighted by Gasteiger charge is 2.35. The van der Waals surface area contributed by atoms with Crippen molar-refractivity contribution in [2.75, 3.05) is 0 Å². The summed E-state index contributed by atoms with van der Waals surface area (Å²) in [6.45, 7) is 1.74. The maximum atomic E-state index is 12.8. The summed E-state index contributed by atoms with van der Waals surface area (Å²) in [6.07, 6.45) is -2.81. The Kier molecular flexibility index (Phi) is 4.56. The molecule has 4 nitrogen and oxygen atoms in total. The molecule has 1 fully saturated rings. The average molecular weight is 365 g/mol. The highest BCUT2D eigenvalue weighted by atomic mass is 19.4. The van der Waals surface area contributed by atoms with E-state index in [0.29, 0.717) is 11.1 Å². The van der Waals surface area contributed by atoms with Crippen molar-refractivity contribution < 1.29 is 28.2 Å². The first-order valence-electron chi connectivity index (χ1n) is 8.17. The third kappa shape index (κ3) is 3.61. The van der Waals surface area contributed by atoms with Gasteiger partial charge in [0.05, 0.1) is 11.1 Å². The van der Waals surface area contributed by atoms with Crippen LogP contribution in [0.3, 0.4) is 0 Å². The molecular weight excluding hydrogens is 347 g/mol. The number of benzene rings is 2. The third-order valence-electron chi connectivity index (χ3n) is 4.47. The quantitative estimate of drug-likeness (QED) is 0.797. The number of carbonyl (C=O) groups excluding carboxylic acids is 1. The summed E-state index contributed by atoms with van der Waals surface area (Å²) in [6, 6.07) is 7.61. The van der Waals surface area contributed by atoms with E-state index in [9.17, 15) is 28.2 Å². The van der Waals surface area contributed by atoms with Crippen LogP contribution in [-0.4, -0.2) is 27.1 Å². The summed E-state index contributed by atoms with van der Waals surface area (Å²) in [7, 11) is 0. The number of nitrogens with zero attached hydrogens (tertiary/aromatic N) is 1. The number of hydrogen-bond donors (Lipinski definition) is 2. The van der Waals surface area contributed by atoms with Gasteiger partial charge in [-0.25, -0.2) is 0 Å². The van der Waals surface area contributed by atoms with Gasteiger partial charge in [-0.05, 0) is 49.1 Å². The van der Waals surface area contributed by atoms with Crippen LogP contribution in [0.25, 0.3) is 0 Å². The summed E-state index contributed by atoms with van der Waals surface area (Å²) in [4.78, 5) is 14.3. The molecule has 0 radical (unpaired) electrons. The van der Waals surface area contributed by atoms with E-state index in [-0.39, 0.29) is 23.9 Å². The van der Waals surface area contributed by atoms with Crippen LogP contribution in [0.1, 0.15) is 39.9 Å². The molecule has 7 heteroatoms. The molecule has 0 heterocycles. The van der Waals surface area contributed by atoms with Crippen LogP contribution in [0.4, 0.5) is 13.2 Å².